The summed E-state index contributed by atoms with van der Waals surface area (Å²) in [6.07, 6.45) is 4.39. The molecule has 0 bridgehead atoms. The Morgan fingerprint density at radius 3 is 2.68 bits per heavy atom. The van der Waals surface area contributed by atoms with Crippen molar-refractivity contribution in [3.8, 4) is 17.6 Å². The number of nitrogens with one attached hydrogen (secondary N) is 1. The molecule has 0 saturated heterocycles. The monoisotopic (exact) mass is 302 g/mol. The lowest BCUT2D eigenvalue weighted by Gasteiger charge is -2.26. The van der Waals surface area contributed by atoms with Crippen molar-refractivity contribution in [3.05, 3.63) is 23.8 Å². The molecule has 0 atom stereocenters. The Bertz CT molecular complexity index is 558. The molecule has 5 heteroatoms. The zero-order valence-corrected chi connectivity index (χ0v) is 13.1. The molecule has 1 amide bonds. The first-order valence-corrected chi connectivity index (χ1v) is 7.62. The van der Waals surface area contributed by atoms with Gasteiger partial charge in [0, 0.05) is 12.1 Å². The third-order valence-electron chi connectivity index (χ3n) is 4.03. The molecule has 2 rings (SSSR count). The molecule has 118 valence electrons. The van der Waals surface area contributed by atoms with E-state index in [9.17, 15) is 4.79 Å². The van der Waals surface area contributed by atoms with Gasteiger partial charge in [0.2, 0.25) is 0 Å². The minimum absolute atomic E-state index is 0.0473. The van der Waals surface area contributed by atoms with Crippen LogP contribution in [0.1, 0.15) is 38.2 Å². The maximum Gasteiger partial charge on any atom is 0.258 e. The van der Waals surface area contributed by atoms with Crippen LogP contribution >= 0.6 is 0 Å². The van der Waals surface area contributed by atoms with Crippen molar-refractivity contribution in [2.45, 2.75) is 38.6 Å². The van der Waals surface area contributed by atoms with E-state index in [0.717, 1.165) is 31.6 Å². The van der Waals surface area contributed by atoms with Crippen LogP contribution in [-0.4, -0.2) is 25.7 Å². The van der Waals surface area contributed by atoms with E-state index in [2.05, 4.69) is 12.2 Å². The zero-order chi connectivity index (χ0) is 15.9. The van der Waals surface area contributed by atoms with Crippen molar-refractivity contribution in [1.29, 1.82) is 5.26 Å². The second kappa shape index (κ2) is 7.69. The molecule has 0 spiro atoms. The fourth-order valence-corrected chi connectivity index (χ4v) is 2.67. The molecule has 1 saturated carbocycles. The maximum absolute atomic E-state index is 12.0. The normalized spacial score (nSPS) is 20.8. The van der Waals surface area contributed by atoms with Gasteiger partial charge in [-0.1, -0.05) is 6.92 Å². The molecule has 1 aromatic rings. The van der Waals surface area contributed by atoms with E-state index in [0.29, 0.717) is 17.1 Å². The Hall–Kier alpha value is -2.22. The first-order chi connectivity index (χ1) is 10.6. The van der Waals surface area contributed by atoms with Gasteiger partial charge in [0.05, 0.1) is 18.7 Å². The molecular formula is C17H22N2O3. The average Bonchev–Trinajstić information content (AvgIpc) is 2.55. The highest BCUT2D eigenvalue weighted by molar-refractivity contribution is 5.78. The van der Waals surface area contributed by atoms with Crippen molar-refractivity contribution in [2.24, 2.45) is 5.92 Å². The van der Waals surface area contributed by atoms with E-state index in [1.807, 2.05) is 6.07 Å². The van der Waals surface area contributed by atoms with Gasteiger partial charge in [-0.3, -0.25) is 4.79 Å². The number of hydrogen-bond donors (Lipinski definition) is 1. The number of carbonyl (C=O) groups excluding carboxylic acids is 1. The standard InChI is InChI=1S/C17H22N2O3/c1-12-3-6-14(7-4-12)19-17(20)11-22-15-8-5-13(10-18)9-16(15)21-2/h5,8-9,12,14H,3-4,6-7,11H2,1-2H3,(H,19,20). The molecule has 1 aromatic carbocycles. The molecule has 0 heterocycles. The summed E-state index contributed by atoms with van der Waals surface area (Å²) in [5.41, 5.74) is 0.491. The highest BCUT2D eigenvalue weighted by atomic mass is 16.5. The quantitative estimate of drug-likeness (QED) is 0.907. The molecule has 1 aliphatic carbocycles. The van der Waals surface area contributed by atoms with Gasteiger partial charge in [-0.15, -0.1) is 0 Å². The summed E-state index contributed by atoms with van der Waals surface area (Å²) in [5.74, 6) is 1.56. The van der Waals surface area contributed by atoms with Crippen LogP contribution in [0.3, 0.4) is 0 Å². The molecule has 1 N–H and O–H groups in total. The number of amides is 1. The zero-order valence-electron chi connectivity index (χ0n) is 13.1. The van der Waals surface area contributed by atoms with Gasteiger partial charge in [-0.05, 0) is 43.7 Å². The van der Waals surface area contributed by atoms with Crippen molar-refractivity contribution >= 4 is 5.91 Å². The fraction of sp³-hybridized carbons (Fsp3) is 0.529. The molecule has 0 radical (unpaired) electrons. The van der Waals surface area contributed by atoms with Crippen molar-refractivity contribution in [1.82, 2.24) is 5.32 Å². The van der Waals surface area contributed by atoms with Crippen molar-refractivity contribution in [2.75, 3.05) is 13.7 Å². The van der Waals surface area contributed by atoms with E-state index in [-0.39, 0.29) is 18.6 Å². The summed E-state index contributed by atoms with van der Waals surface area (Å²) in [4.78, 5) is 12.0. The summed E-state index contributed by atoms with van der Waals surface area (Å²) in [7, 11) is 1.51. The SMILES string of the molecule is COc1cc(C#N)ccc1OCC(=O)NC1CCC(C)CC1. The second-order valence-corrected chi connectivity index (χ2v) is 5.79. The molecule has 5 nitrogen and oxygen atoms in total. The third kappa shape index (κ3) is 4.39. The van der Waals surface area contributed by atoms with E-state index < -0.39 is 0 Å². The topological polar surface area (TPSA) is 71.3 Å². The van der Waals surface area contributed by atoms with Gasteiger partial charge in [-0.2, -0.15) is 5.26 Å². The minimum atomic E-state index is -0.119. The molecule has 1 fully saturated rings. The smallest absolute Gasteiger partial charge is 0.258 e. The predicted molar refractivity (Wildman–Crippen MR) is 82.8 cm³/mol. The number of benzene rings is 1. The van der Waals surface area contributed by atoms with Crippen LogP contribution in [0, 0.1) is 17.2 Å². The van der Waals surface area contributed by atoms with Gasteiger partial charge >= 0.3 is 0 Å². The van der Waals surface area contributed by atoms with Crippen LogP contribution in [0.15, 0.2) is 18.2 Å². The van der Waals surface area contributed by atoms with Crippen molar-refractivity contribution < 1.29 is 14.3 Å². The highest BCUT2D eigenvalue weighted by Gasteiger charge is 2.20. The summed E-state index contributed by atoms with van der Waals surface area (Å²) in [6, 6.07) is 7.17. The Kier molecular flexibility index (Phi) is 5.65. The highest BCUT2D eigenvalue weighted by Crippen LogP contribution is 2.28. The number of carbonyl (C=O) groups is 1. The van der Waals surface area contributed by atoms with Gasteiger partial charge in [0.1, 0.15) is 0 Å². The summed E-state index contributed by atoms with van der Waals surface area (Å²) in [5, 5.41) is 11.9. The summed E-state index contributed by atoms with van der Waals surface area (Å²) in [6.45, 7) is 2.20. The number of hydrogen-bond acceptors (Lipinski definition) is 4. The number of rotatable bonds is 5. The van der Waals surface area contributed by atoms with Crippen LogP contribution < -0.4 is 14.8 Å². The lowest BCUT2D eigenvalue weighted by atomic mass is 9.87. The average molecular weight is 302 g/mol. The molecule has 1 aliphatic rings. The Balaban J connectivity index is 1.85. The van der Waals surface area contributed by atoms with Gasteiger partial charge in [-0.25, -0.2) is 0 Å². The van der Waals surface area contributed by atoms with Crippen LogP contribution in [0.2, 0.25) is 0 Å². The maximum atomic E-state index is 12.0. The third-order valence-corrected chi connectivity index (χ3v) is 4.03. The van der Waals surface area contributed by atoms with E-state index in [4.69, 9.17) is 14.7 Å². The van der Waals surface area contributed by atoms with Crippen molar-refractivity contribution in [3.63, 3.8) is 0 Å². The number of methoxy groups -OCH3 is 1. The Morgan fingerprint density at radius 2 is 2.05 bits per heavy atom. The number of nitrogens with zero attached hydrogens (tertiary/aromatic N) is 1. The first-order valence-electron chi connectivity index (χ1n) is 7.62. The Morgan fingerprint density at radius 1 is 1.32 bits per heavy atom. The van der Waals surface area contributed by atoms with Gasteiger partial charge in [0.25, 0.3) is 5.91 Å². The largest absolute Gasteiger partial charge is 0.493 e. The molecule has 0 aliphatic heterocycles. The van der Waals surface area contributed by atoms with E-state index in [1.165, 1.54) is 7.11 Å². The van der Waals surface area contributed by atoms with Crippen LogP contribution in [0.25, 0.3) is 0 Å². The lowest BCUT2D eigenvalue weighted by Crippen LogP contribution is -2.39. The molecule has 0 aromatic heterocycles. The molecular weight excluding hydrogens is 280 g/mol. The fourth-order valence-electron chi connectivity index (χ4n) is 2.67. The van der Waals surface area contributed by atoms with Crippen LogP contribution in [0.5, 0.6) is 11.5 Å². The number of ether oxygens (including phenoxy) is 2. The van der Waals surface area contributed by atoms with Gasteiger partial charge < -0.3 is 14.8 Å². The Labute approximate surface area is 131 Å². The van der Waals surface area contributed by atoms with E-state index in [1.54, 1.807) is 18.2 Å². The lowest BCUT2D eigenvalue weighted by molar-refractivity contribution is -0.124. The predicted octanol–water partition coefficient (Wildman–Crippen LogP) is 2.64. The summed E-state index contributed by atoms with van der Waals surface area (Å²) < 4.78 is 10.7. The van der Waals surface area contributed by atoms with Crippen LogP contribution in [-0.2, 0) is 4.79 Å². The van der Waals surface area contributed by atoms with Crippen LogP contribution in [0.4, 0.5) is 0 Å². The number of nitriles is 1. The summed E-state index contributed by atoms with van der Waals surface area (Å²) >= 11 is 0. The van der Waals surface area contributed by atoms with E-state index >= 15 is 0 Å². The van der Waals surface area contributed by atoms with Gasteiger partial charge in [0.15, 0.2) is 18.1 Å². The molecule has 0 unspecified atom stereocenters. The minimum Gasteiger partial charge on any atom is -0.493 e. The molecule has 22 heavy (non-hydrogen) atoms. The first kappa shape index (κ1) is 16.2. The second-order valence-electron chi connectivity index (χ2n) is 5.79.